The third-order valence-electron chi connectivity index (χ3n) is 1.50. The van der Waals surface area contributed by atoms with E-state index in [9.17, 15) is 13.6 Å². The molecule has 0 spiro atoms. The lowest BCUT2D eigenvalue weighted by molar-refractivity contribution is -0.145. The molecule has 0 aromatic carbocycles. The number of alkyl halides is 2. The van der Waals surface area contributed by atoms with Gasteiger partial charge in [0.15, 0.2) is 0 Å². The van der Waals surface area contributed by atoms with Crippen molar-refractivity contribution in [2.75, 3.05) is 12.0 Å². The van der Waals surface area contributed by atoms with Crippen LogP contribution in [0.25, 0.3) is 0 Å². The van der Waals surface area contributed by atoms with Gasteiger partial charge in [0.2, 0.25) is 22.2 Å². The number of nitrogens with one attached hydrogen (secondary N) is 2. The van der Waals surface area contributed by atoms with Gasteiger partial charge in [-0.05, 0) is 12.3 Å². The Labute approximate surface area is 94.6 Å². The first-order chi connectivity index (χ1) is 6.97. The number of halogens is 2. The molecule has 0 aromatic rings. The maximum atomic E-state index is 11.7. The van der Waals surface area contributed by atoms with Crippen molar-refractivity contribution in [3.05, 3.63) is 0 Å². The highest BCUT2D eigenvalue weighted by Crippen LogP contribution is 1.97. The second-order valence-electron chi connectivity index (χ2n) is 2.88. The summed E-state index contributed by atoms with van der Waals surface area (Å²) in [6.07, 6.45) is -0.962. The number of carbonyl (C=O) groups is 1. The Morgan fingerprint density at radius 3 is 2.60 bits per heavy atom. The first-order valence-electron chi connectivity index (χ1n) is 4.59. The molecule has 0 rings (SSSR count). The molecular weight excluding hydrogens is 225 g/mol. The van der Waals surface area contributed by atoms with E-state index < -0.39 is 31.4 Å². The van der Waals surface area contributed by atoms with Crippen LogP contribution in [0.1, 0.15) is 6.92 Å². The predicted octanol–water partition coefficient (Wildman–Crippen LogP) is -1.77. The van der Waals surface area contributed by atoms with Crippen molar-refractivity contribution in [2.24, 2.45) is 0 Å². The number of rotatable bonds is 7. The summed E-state index contributed by atoms with van der Waals surface area (Å²) in [5.74, 6) is -0.452. The summed E-state index contributed by atoms with van der Waals surface area (Å²) >= 11 is 0.771. The van der Waals surface area contributed by atoms with Crippen LogP contribution in [-0.2, 0) is 9.53 Å². The van der Waals surface area contributed by atoms with Crippen LogP contribution in [0.15, 0.2) is 0 Å². The van der Waals surface area contributed by atoms with E-state index in [-0.39, 0.29) is 0 Å². The van der Waals surface area contributed by atoms with E-state index in [1.54, 1.807) is 0 Å². The summed E-state index contributed by atoms with van der Waals surface area (Å²) in [6.45, 7) is -2.01. The van der Waals surface area contributed by atoms with Gasteiger partial charge in [-0.15, -0.1) is 0 Å². The Morgan fingerprint density at radius 2 is 2.20 bits per heavy atom. The minimum Gasteiger partial charge on any atom is -0.379 e. The standard InChI is InChI=1S/C7H13F2N2O3.Al.2H/c1-4(12)11-5(6(13)10-2)3-14-7(8)9;;;/h4-5,7,11-12H,2-3H2,1H3,(H,10,13);;;. The Hall–Kier alpha value is -0.258. The van der Waals surface area contributed by atoms with E-state index in [0.29, 0.717) is 5.41 Å². The molecule has 5 nitrogen and oxygen atoms in total. The van der Waals surface area contributed by atoms with E-state index in [1.807, 2.05) is 0 Å². The zero-order chi connectivity index (χ0) is 11.8. The molecule has 0 aromatic heterocycles. The lowest BCUT2D eigenvalue weighted by Gasteiger charge is -2.19. The minimum atomic E-state index is -2.92. The molecule has 2 unspecified atom stereocenters. The molecule has 8 heteroatoms. The van der Waals surface area contributed by atoms with Gasteiger partial charge in [-0.25, -0.2) is 0 Å². The van der Waals surface area contributed by atoms with Gasteiger partial charge >= 0.3 is 6.61 Å². The van der Waals surface area contributed by atoms with Crippen molar-refractivity contribution in [3.8, 4) is 0 Å². The van der Waals surface area contributed by atoms with E-state index >= 15 is 0 Å². The third kappa shape index (κ3) is 7.65. The van der Waals surface area contributed by atoms with Crippen LogP contribution in [0, 0.1) is 0 Å². The van der Waals surface area contributed by atoms with Crippen molar-refractivity contribution in [1.29, 1.82) is 0 Å². The molecule has 3 N–H and O–H groups in total. The first-order valence-corrected chi connectivity index (χ1v) is 6.00. The lowest BCUT2D eigenvalue weighted by atomic mass is 10.3. The smallest absolute Gasteiger partial charge is 0.345 e. The second kappa shape index (κ2) is 7.96. The number of amides is 1. The van der Waals surface area contributed by atoms with E-state index in [4.69, 9.17) is 5.11 Å². The van der Waals surface area contributed by atoms with Crippen LogP contribution in [0.3, 0.4) is 0 Å². The van der Waals surface area contributed by atoms with Gasteiger partial charge in [0.25, 0.3) is 0 Å². The Balaban J connectivity index is 4.11. The Morgan fingerprint density at radius 1 is 1.60 bits per heavy atom. The molecule has 0 heterocycles. The van der Waals surface area contributed by atoms with Gasteiger partial charge in [-0.1, -0.05) is 0 Å². The summed E-state index contributed by atoms with van der Waals surface area (Å²) in [7, 11) is 0. The summed E-state index contributed by atoms with van der Waals surface area (Å²) in [4.78, 5) is 11.3. The largest absolute Gasteiger partial charge is 0.379 e. The maximum absolute atomic E-state index is 11.7. The number of ether oxygens (including phenoxy) is 1. The summed E-state index contributed by atoms with van der Waals surface area (Å²) in [5.41, 5.74) is 0. The Bertz CT molecular complexity index is 195. The molecule has 0 saturated carbocycles. The average molecular weight is 240 g/mol. The van der Waals surface area contributed by atoms with Gasteiger partial charge < -0.3 is 15.2 Å². The second-order valence-corrected chi connectivity index (χ2v) is 3.59. The monoisotopic (exact) mass is 240 g/mol. The highest BCUT2D eigenvalue weighted by molar-refractivity contribution is 6.10. The SMILES string of the molecule is CC(O)NC(COC(F)F)C(=O)N[CH2][AlH2]. The lowest BCUT2D eigenvalue weighted by Crippen LogP contribution is -2.50. The van der Waals surface area contributed by atoms with Gasteiger partial charge in [-0.2, -0.15) is 8.78 Å². The number of hydrogen-bond donors (Lipinski definition) is 3. The van der Waals surface area contributed by atoms with Crippen LogP contribution >= 0.6 is 0 Å². The van der Waals surface area contributed by atoms with Crippen molar-refractivity contribution in [1.82, 2.24) is 10.6 Å². The molecule has 0 radical (unpaired) electrons. The van der Waals surface area contributed by atoms with Crippen molar-refractivity contribution < 1.29 is 23.4 Å². The highest BCUT2D eigenvalue weighted by atomic mass is 27.0. The van der Waals surface area contributed by atoms with Gasteiger partial charge in [0.1, 0.15) is 12.3 Å². The van der Waals surface area contributed by atoms with Crippen LogP contribution in [-0.4, -0.2) is 58.2 Å². The fourth-order valence-electron chi connectivity index (χ4n) is 0.957. The average Bonchev–Trinajstić information content (AvgIpc) is 2.11. The molecule has 0 bridgehead atoms. The topological polar surface area (TPSA) is 70.6 Å². The fourth-order valence-corrected chi connectivity index (χ4v) is 1.31. The molecule has 1 amide bonds. The van der Waals surface area contributed by atoms with E-state index in [2.05, 4.69) is 15.4 Å². The molecule has 0 aliphatic heterocycles. The molecule has 0 aliphatic rings. The number of aliphatic hydroxyl groups excluding tert-OH is 1. The molecule has 88 valence electrons. The molecule has 0 fully saturated rings. The first kappa shape index (κ1) is 14.7. The molecule has 2 atom stereocenters. The van der Waals surface area contributed by atoms with Gasteiger partial charge in [-0.3, -0.25) is 10.1 Å². The molecule has 15 heavy (non-hydrogen) atoms. The minimum absolute atomic E-state index is 0.452. The van der Waals surface area contributed by atoms with Crippen molar-refractivity contribution in [3.63, 3.8) is 0 Å². The number of carbonyl (C=O) groups excluding carboxylic acids is 1. The summed E-state index contributed by atoms with van der Waals surface area (Å²) in [6, 6.07) is -0.965. The van der Waals surface area contributed by atoms with E-state index in [1.165, 1.54) is 6.92 Å². The molecule has 0 aliphatic carbocycles. The molecular formula is C7H15AlF2N2O3. The van der Waals surface area contributed by atoms with Crippen LogP contribution in [0.5, 0.6) is 0 Å². The quantitative estimate of drug-likeness (QED) is 0.364. The molecule has 0 saturated heterocycles. The Kier molecular flexibility index (Phi) is 7.82. The van der Waals surface area contributed by atoms with E-state index in [0.717, 1.165) is 16.3 Å². The zero-order valence-electron chi connectivity index (χ0n) is 8.67. The van der Waals surface area contributed by atoms with Crippen molar-refractivity contribution in [2.45, 2.75) is 25.8 Å². The summed E-state index contributed by atoms with van der Waals surface area (Å²) in [5, 5.41) is 14.4. The maximum Gasteiger partial charge on any atom is 0.345 e. The van der Waals surface area contributed by atoms with Crippen LogP contribution < -0.4 is 10.6 Å². The fraction of sp³-hybridized carbons (Fsp3) is 0.857. The number of aliphatic hydroxyl groups is 1. The van der Waals surface area contributed by atoms with Crippen molar-refractivity contribution >= 4 is 22.2 Å². The normalized spacial score (nSPS) is 15.0. The third-order valence-corrected chi connectivity index (χ3v) is 1.85. The van der Waals surface area contributed by atoms with Gasteiger partial charge in [0.05, 0.1) is 6.61 Å². The summed E-state index contributed by atoms with van der Waals surface area (Å²) < 4.78 is 27.5. The van der Waals surface area contributed by atoms with Crippen LogP contribution in [0.4, 0.5) is 8.78 Å². The highest BCUT2D eigenvalue weighted by Gasteiger charge is 2.20. The van der Waals surface area contributed by atoms with Crippen LogP contribution in [0.2, 0.25) is 0 Å². The van der Waals surface area contributed by atoms with Gasteiger partial charge in [0, 0.05) is 0 Å². The predicted molar refractivity (Wildman–Crippen MR) is 52.1 cm³/mol. The number of hydrogen-bond acceptors (Lipinski definition) is 4. The zero-order valence-corrected chi connectivity index (χ0v) is 10.7.